The van der Waals surface area contributed by atoms with Crippen LogP contribution in [-0.2, 0) is 0 Å². The van der Waals surface area contributed by atoms with Gasteiger partial charge < -0.3 is 0 Å². The molecule has 2 unspecified atom stereocenters. The topological polar surface area (TPSA) is 6.48 Å². The van der Waals surface area contributed by atoms with Crippen molar-refractivity contribution in [3.8, 4) is 0 Å². The summed E-state index contributed by atoms with van der Waals surface area (Å²) in [5.74, 6) is 1.32. The summed E-state index contributed by atoms with van der Waals surface area (Å²) in [7, 11) is 10.5. The fourth-order valence-electron chi connectivity index (χ4n) is 0.352. The van der Waals surface area contributed by atoms with E-state index < -0.39 is 0 Å². The third-order valence-corrected chi connectivity index (χ3v) is 3.32. The molecule has 9 heavy (non-hydrogen) atoms. The lowest BCUT2D eigenvalue weighted by Crippen LogP contribution is -2.00. The summed E-state index contributed by atoms with van der Waals surface area (Å²) in [6.07, 6.45) is 0. The second-order valence-corrected chi connectivity index (χ2v) is 6.12. The Morgan fingerprint density at radius 2 is 1.22 bits per heavy atom. The van der Waals surface area contributed by atoms with Gasteiger partial charge in [0, 0.05) is 5.90 Å². The summed E-state index contributed by atoms with van der Waals surface area (Å²) in [6.45, 7) is 0. The third-order valence-electron chi connectivity index (χ3n) is 0.791. The van der Waals surface area contributed by atoms with Crippen LogP contribution < -0.4 is 0 Å². The molecule has 0 aromatic rings. The molecule has 0 amide bonds. The lowest BCUT2D eigenvalue weighted by Gasteiger charge is -2.12. The highest BCUT2D eigenvalue weighted by Crippen LogP contribution is 2.25. The molecule has 56 valence electrons. The molecule has 2 nitrogen and oxygen atoms in total. The number of nitrogens with zero attached hydrogens (tertiary/aromatic N) is 2. The van der Waals surface area contributed by atoms with E-state index in [9.17, 15) is 0 Å². The van der Waals surface area contributed by atoms with Crippen molar-refractivity contribution in [2.75, 3.05) is 34.1 Å². The smallest absolute Gasteiger partial charge is 0.00892 e. The van der Waals surface area contributed by atoms with E-state index >= 15 is 0 Å². The quantitative estimate of drug-likeness (QED) is 0.580. The van der Waals surface area contributed by atoms with Crippen molar-refractivity contribution < 1.29 is 0 Å². The molecule has 0 saturated heterocycles. The highest BCUT2D eigenvalue weighted by Gasteiger charge is 1.90. The molecule has 0 aliphatic carbocycles. The summed E-state index contributed by atoms with van der Waals surface area (Å²) in [6, 6.07) is 0. The second-order valence-electron chi connectivity index (χ2n) is 2.28. The van der Waals surface area contributed by atoms with Gasteiger partial charge in [0.1, 0.15) is 0 Å². The molecule has 0 aromatic heterocycles. The summed E-state index contributed by atoms with van der Waals surface area (Å²) >= 11 is 0. The first-order valence-corrected chi connectivity index (χ1v) is 5.25. The fourth-order valence-corrected chi connectivity index (χ4v) is 3.16. The van der Waals surface area contributed by atoms with Crippen LogP contribution in [0.15, 0.2) is 0 Å². The van der Waals surface area contributed by atoms with Crippen LogP contribution in [0.5, 0.6) is 0 Å². The largest absolute Gasteiger partial charge is 0.290 e. The maximum atomic E-state index is 2.25. The lowest BCUT2D eigenvalue weighted by atomic mass is 11.3. The van der Waals surface area contributed by atoms with Crippen LogP contribution in [0.25, 0.3) is 0 Å². The molecule has 0 spiro atoms. The van der Waals surface area contributed by atoms with Gasteiger partial charge >= 0.3 is 0 Å². The van der Waals surface area contributed by atoms with E-state index in [1.807, 2.05) is 0 Å². The zero-order chi connectivity index (χ0) is 7.28. The van der Waals surface area contributed by atoms with Crippen molar-refractivity contribution in [3.63, 3.8) is 0 Å². The van der Waals surface area contributed by atoms with Crippen molar-refractivity contribution in [2.24, 2.45) is 0 Å². The minimum atomic E-state index is 0.985. The molecular weight excluding hydrogens is 150 g/mol. The van der Waals surface area contributed by atoms with Crippen molar-refractivity contribution >= 4 is 17.5 Å². The van der Waals surface area contributed by atoms with E-state index in [0.717, 1.165) is 17.5 Å². The normalized spacial score (nSPS) is 14.0. The van der Waals surface area contributed by atoms with Gasteiger partial charge in [0.2, 0.25) is 0 Å². The van der Waals surface area contributed by atoms with Crippen LogP contribution in [0.1, 0.15) is 0 Å². The summed E-state index contributed by atoms with van der Waals surface area (Å²) < 4.78 is 4.49. The standard InChI is InChI=1S/C5H16N2P2/c1-6(2)8-5-9-7(3)4/h8-9H,5H2,1-4H3. The molecule has 4 heteroatoms. The second kappa shape index (κ2) is 5.56. The maximum Gasteiger partial charge on any atom is 0.00892 e. The van der Waals surface area contributed by atoms with Gasteiger partial charge in [-0.15, -0.1) is 0 Å². The van der Waals surface area contributed by atoms with Gasteiger partial charge in [-0.3, -0.25) is 9.34 Å². The van der Waals surface area contributed by atoms with Gasteiger partial charge in [-0.1, -0.05) is 0 Å². The van der Waals surface area contributed by atoms with E-state index in [4.69, 9.17) is 0 Å². The Morgan fingerprint density at radius 3 is 1.44 bits per heavy atom. The first-order valence-electron chi connectivity index (χ1n) is 2.94. The average molecular weight is 166 g/mol. The molecular formula is C5H16N2P2. The predicted molar refractivity (Wildman–Crippen MR) is 48.9 cm³/mol. The van der Waals surface area contributed by atoms with Gasteiger partial charge in [-0.2, -0.15) is 0 Å². The van der Waals surface area contributed by atoms with Gasteiger partial charge in [-0.05, 0) is 45.7 Å². The number of hydrogen-bond acceptors (Lipinski definition) is 2. The number of rotatable bonds is 4. The number of hydrogen-bond donors (Lipinski definition) is 0. The molecule has 0 saturated carbocycles. The Hall–Kier alpha value is 0.780. The first kappa shape index (κ1) is 9.78. The molecule has 0 aromatic carbocycles. The van der Waals surface area contributed by atoms with Crippen LogP contribution in [0.2, 0.25) is 0 Å². The molecule has 0 N–H and O–H groups in total. The molecule has 0 rings (SSSR count). The molecule has 0 fully saturated rings. The Balaban J connectivity index is 2.91. The SMILES string of the molecule is CN(C)PCPN(C)C. The predicted octanol–water partition coefficient (Wildman–Crippen LogP) is 1.25. The molecule has 0 heterocycles. The zero-order valence-electron chi connectivity index (χ0n) is 6.60. The zero-order valence-corrected chi connectivity index (χ0v) is 8.60. The van der Waals surface area contributed by atoms with E-state index in [2.05, 4.69) is 37.5 Å². The van der Waals surface area contributed by atoms with Crippen molar-refractivity contribution in [1.29, 1.82) is 0 Å². The monoisotopic (exact) mass is 166 g/mol. The van der Waals surface area contributed by atoms with Crippen LogP contribution in [0.3, 0.4) is 0 Å². The average Bonchev–Trinajstić information content (AvgIpc) is 1.63. The minimum Gasteiger partial charge on any atom is -0.290 e. The molecule has 0 aliphatic rings. The highest BCUT2D eigenvalue weighted by molar-refractivity contribution is 7.53. The van der Waals surface area contributed by atoms with Crippen LogP contribution >= 0.6 is 17.5 Å². The van der Waals surface area contributed by atoms with Gasteiger partial charge in [-0.25, -0.2) is 0 Å². The molecule has 2 atom stereocenters. The van der Waals surface area contributed by atoms with Crippen LogP contribution in [0, 0.1) is 0 Å². The fraction of sp³-hybridized carbons (Fsp3) is 1.00. The van der Waals surface area contributed by atoms with Gasteiger partial charge in [0.15, 0.2) is 0 Å². The molecule has 0 radical (unpaired) electrons. The van der Waals surface area contributed by atoms with E-state index in [1.165, 1.54) is 5.90 Å². The van der Waals surface area contributed by atoms with Crippen LogP contribution in [0.4, 0.5) is 0 Å². The Bertz CT molecular complexity index is 58.0. The van der Waals surface area contributed by atoms with E-state index in [1.54, 1.807) is 0 Å². The minimum absolute atomic E-state index is 0.985. The molecule has 0 bridgehead atoms. The van der Waals surface area contributed by atoms with Gasteiger partial charge in [0.05, 0.1) is 0 Å². The Labute approximate surface area is 61.7 Å². The maximum absolute atomic E-state index is 2.25. The molecule has 0 aliphatic heterocycles. The van der Waals surface area contributed by atoms with Crippen molar-refractivity contribution in [1.82, 2.24) is 9.34 Å². The summed E-state index contributed by atoms with van der Waals surface area (Å²) in [5.41, 5.74) is 0. The third kappa shape index (κ3) is 8.78. The van der Waals surface area contributed by atoms with E-state index in [0.29, 0.717) is 0 Å². The first-order chi connectivity index (χ1) is 4.13. The van der Waals surface area contributed by atoms with Crippen molar-refractivity contribution in [2.45, 2.75) is 0 Å². The van der Waals surface area contributed by atoms with Gasteiger partial charge in [0.25, 0.3) is 0 Å². The Morgan fingerprint density at radius 1 is 0.889 bits per heavy atom. The van der Waals surface area contributed by atoms with Crippen LogP contribution in [-0.4, -0.2) is 43.4 Å². The Kier molecular flexibility index (Phi) is 6.04. The summed E-state index contributed by atoms with van der Waals surface area (Å²) in [4.78, 5) is 0. The van der Waals surface area contributed by atoms with E-state index in [-0.39, 0.29) is 0 Å². The summed E-state index contributed by atoms with van der Waals surface area (Å²) in [5, 5.41) is 0. The lowest BCUT2D eigenvalue weighted by molar-refractivity contribution is 0.684. The van der Waals surface area contributed by atoms with Crippen molar-refractivity contribution in [3.05, 3.63) is 0 Å². The highest BCUT2D eigenvalue weighted by atomic mass is 31.1.